The molecule has 17 heavy (non-hydrogen) atoms. The molecule has 0 fully saturated rings. The fraction of sp³-hybridized carbons (Fsp3) is 0.417. The number of aromatic nitrogens is 4. The van der Waals surface area contributed by atoms with Gasteiger partial charge in [-0.15, -0.1) is 0 Å². The summed E-state index contributed by atoms with van der Waals surface area (Å²) in [6, 6.07) is 2.11. The second-order valence-electron chi connectivity index (χ2n) is 3.77. The van der Waals surface area contributed by atoms with Crippen LogP contribution in [0.25, 0.3) is 5.95 Å². The second kappa shape index (κ2) is 5.40. The predicted octanol–water partition coefficient (Wildman–Crippen LogP) is 2.68. The van der Waals surface area contributed by atoms with Gasteiger partial charge in [0.25, 0.3) is 5.95 Å². The number of alkyl halides is 1. The smallest absolute Gasteiger partial charge is 0.219 e. The molecule has 0 saturated carbocycles. The number of rotatable bonds is 4. The summed E-state index contributed by atoms with van der Waals surface area (Å²) in [6.45, 7) is 4.21. The van der Waals surface area contributed by atoms with Gasteiger partial charge in [0.2, 0.25) is 0 Å². The van der Waals surface area contributed by atoms with E-state index in [1.54, 1.807) is 0 Å². The standard InChI is InChI=1S/C12H15BrN4/c1-3-10-5-11(4-2)17(16-10)12-14-7-9(6-13)8-15-12/h5,7-8H,3-4,6H2,1-2H3. The van der Waals surface area contributed by atoms with Crippen molar-refractivity contribution in [2.75, 3.05) is 0 Å². The first-order chi connectivity index (χ1) is 8.28. The van der Waals surface area contributed by atoms with Gasteiger partial charge in [0.15, 0.2) is 0 Å². The summed E-state index contributed by atoms with van der Waals surface area (Å²) < 4.78 is 1.83. The first-order valence-corrected chi connectivity index (χ1v) is 6.85. The van der Waals surface area contributed by atoms with E-state index in [0.717, 1.165) is 35.1 Å². The molecule has 0 radical (unpaired) electrons. The van der Waals surface area contributed by atoms with Crippen molar-refractivity contribution in [3.05, 3.63) is 35.4 Å². The lowest BCUT2D eigenvalue weighted by Crippen LogP contribution is -2.06. The van der Waals surface area contributed by atoms with E-state index in [2.05, 4.69) is 50.9 Å². The molecule has 0 spiro atoms. The lowest BCUT2D eigenvalue weighted by molar-refractivity contribution is 0.744. The van der Waals surface area contributed by atoms with Crippen LogP contribution in [0.1, 0.15) is 30.8 Å². The summed E-state index contributed by atoms with van der Waals surface area (Å²) in [5, 5.41) is 5.28. The van der Waals surface area contributed by atoms with Gasteiger partial charge in [0, 0.05) is 23.4 Å². The van der Waals surface area contributed by atoms with Gasteiger partial charge in [0.1, 0.15) is 0 Å². The third-order valence-electron chi connectivity index (χ3n) is 2.59. The van der Waals surface area contributed by atoms with E-state index in [4.69, 9.17) is 0 Å². The SMILES string of the molecule is CCc1cc(CC)n(-c2ncc(CBr)cn2)n1. The molecular weight excluding hydrogens is 280 g/mol. The van der Waals surface area contributed by atoms with Gasteiger partial charge < -0.3 is 0 Å². The molecule has 2 aromatic rings. The number of aryl methyl sites for hydroxylation is 2. The van der Waals surface area contributed by atoms with Gasteiger partial charge in [-0.25, -0.2) is 14.6 Å². The van der Waals surface area contributed by atoms with Crippen LogP contribution in [0, 0.1) is 0 Å². The summed E-state index contributed by atoms with van der Waals surface area (Å²) in [7, 11) is 0. The Morgan fingerprint density at radius 3 is 2.41 bits per heavy atom. The van der Waals surface area contributed by atoms with Gasteiger partial charge in [-0.2, -0.15) is 5.10 Å². The Kier molecular flexibility index (Phi) is 3.89. The van der Waals surface area contributed by atoms with Crippen LogP contribution in [0.5, 0.6) is 0 Å². The van der Waals surface area contributed by atoms with Crippen molar-refractivity contribution in [3.8, 4) is 5.95 Å². The maximum absolute atomic E-state index is 4.51. The van der Waals surface area contributed by atoms with Gasteiger partial charge >= 0.3 is 0 Å². The predicted molar refractivity (Wildman–Crippen MR) is 70.5 cm³/mol. The van der Waals surface area contributed by atoms with Crippen molar-refractivity contribution >= 4 is 15.9 Å². The fourth-order valence-corrected chi connectivity index (χ4v) is 1.89. The highest BCUT2D eigenvalue weighted by atomic mass is 79.9. The Balaban J connectivity index is 2.40. The van der Waals surface area contributed by atoms with E-state index in [1.807, 2.05) is 17.1 Å². The fourth-order valence-electron chi connectivity index (χ4n) is 1.60. The molecule has 0 aliphatic rings. The van der Waals surface area contributed by atoms with Crippen LogP contribution < -0.4 is 0 Å². The maximum Gasteiger partial charge on any atom is 0.250 e. The Bertz CT molecular complexity index is 490. The van der Waals surface area contributed by atoms with Crippen molar-refractivity contribution < 1.29 is 0 Å². The molecule has 0 amide bonds. The average molecular weight is 295 g/mol. The maximum atomic E-state index is 4.51. The van der Waals surface area contributed by atoms with Crippen molar-refractivity contribution in [3.63, 3.8) is 0 Å². The normalized spacial score (nSPS) is 10.8. The molecule has 90 valence electrons. The number of halogens is 1. The largest absolute Gasteiger partial charge is 0.250 e. The first-order valence-electron chi connectivity index (χ1n) is 5.73. The molecule has 0 aromatic carbocycles. The first kappa shape index (κ1) is 12.2. The van der Waals surface area contributed by atoms with Gasteiger partial charge in [0.05, 0.1) is 5.69 Å². The van der Waals surface area contributed by atoms with Crippen molar-refractivity contribution in [1.29, 1.82) is 0 Å². The lowest BCUT2D eigenvalue weighted by Gasteiger charge is -2.03. The molecule has 0 aliphatic heterocycles. The van der Waals surface area contributed by atoms with Gasteiger partial charge in [-0.05, 0) is 24.5 Å². The van der Waals surface area contributed by atoms with Gasteiger partial charge in [-0.1, -0.05) is 29.8 Å². The molecule has 0 bridgehead atoms. The van der Waals surface area contributed by atoms with Crippen LogP contribution in [0.15, 0.2) is 18.5 Å². The van der Waals surface area contributed by atoms with Crippen LogP contribution in [-0.4, -0.2) is 19.7 Å². The third kappa shape index (κ3) is 2.54. The number of hydrogen-bond donors (Lipinski definition) is 0. The molecule has 5 heteroatoms. The molecule has 0 unspecified atom stereocenters. The highest BCUT2D eigenvalue weighted by Crippen LogP contribution is 2.11. The van der Waals surface area contributed by atoms with Gasteiger partial charge in [-0.3, -0.25) is 0 Å². The zero-order chi connectivity index (χ0) is 12.3. The molecule has 0 N–H and O–H groups in total. The Hall–Kier alpha value is -1.23. The van der Waals surface area contributed by atoms with Crippen LogP contribution >= 0.6 is 15.9 Å². The minimum atomic E-state index is 0.645. The number of nitrogens with zero attached hydrogens (tertiary/aromatic N) is 4. The van der Waals surface area contributed by atoms with Crippen LogP contribution in [0.4, 0.5) is 0 Å². The molecule has 2 heterocycles. The van der Waals surface area contributed by atoms with Crippen LogP contribution in [-0.2, 0) is 18.2 Å². The van der Waals surface area contributed by atoms with E-state index in [9.17, 15) is 0 Å². The Morgan fingerprint density at radius 1 is 1.18 bits per heavy atom. The zero-order valence-corrected chi connectivity index (χ0v) is 11.6. The van der Waals surface area contributed by atoms with Crippen LogP contribution in [0.2, 0.25) is 0 Å². The third-order valence-corrected chi connectivity index (χ3v) is 3.24. The summed E-state index contributed by atoms with van der Waals surface area (Å²) in [6.07, 6.45) is 5.50. The van der Waals surface area contributed by atoms with E-state index in [-0.39, 0.29) is 0 Å². The summed E-state index contributed by atoms with van der Waals surface area (Å²) in [4.78, 5) is 8.67. The van der Waals surface area contributed by atoms with Crippen molar-refractivity contribution in [2.45, 2.75) is 32.0 Å². The molecule has 2 rings (SSSR count). The Morgan fingerprint density at radius 2 is 1.88 bits per heavy atom. The van der Waals surface area contributed by atoms with Crippen LogP contribution in [0.3, 0.4) is 0 Å². The van der Waals surface area contributed by atoms with Crippen molar-refractivity contribution in [1.82, 2.24) is 19.7 Å². The lowest BCUT2D eigenvalue weighted by atomic mass is 10.3. The van der Waals surface area contributed by atoms with E-state index >= 15 is 0 Å². The molecule has 4 nitrogen and oxygen atoms in total. The zero-order valence-electron chi connectivity index (χ0n) is 10.0. The summed E-state index contributed by atoms with van der Waals surface area (Å²) in [5.74, 6) is 0.645. The topological polar surface area (TPSA) is 43.6 Å². The van der Waals surface area contributed by atoms with Crippen molar-refractivity contribution in [2.24, 2.45) is 0 Å². The minimum absolute atomic E-state index is 0.645. The van der Waals surface area contributed by atoms with E-state index < -0.39 is 0 Å². The minimum Gasteiger partial charge on any atom is -0.219 e. The van der Waals surface area contributed by atoms with E-state index in [0.29, 0.717) is 5.95 Å². The van der Waals surface area contributed by atoms with E-state index in [1.165, 1.54) is 0 Å². The molecule has 2 aromatic heterocycles. The summed E-state index contributed by atoms with van der Waals surface area (Å²) in [5.41, 5.74) is 3.29. The molecule has 0 atom stereocenters. The number of hydrogen-bond acceptors (Lipinski definition) is 3. The quantitative estimate of drug-likeness (QED) is 0.815. The monoisotopic (exact) mass is 294 g/mol. The summed E-state index contributed by atoms with van der Waals surface area (Å²) >= 11 is 3.38. The molecular formula is C12H15BrN4. The molecule has 0 saturated heterocycles. The molecule has 0 aliphatic carbocycles. The average Bonchev–Trinajstić information content (AvgIpc) is 2.82. The highest BCUT2D eigenvalue weighted by Gasteiger charge is 2.09. The Labute approximate surface area is 109 Å². The second-order valence-corrected chi connectivity index (χ2v) is 4.33. The highest BCUT2D eigenvalue weighted by molar-refractivity contribution is 9.08.